The van der Waals surface area contributed by atoms with Gasteiger partial charge in [-0.15, -0.1) is 11.6 Å². The van der Waals surface area contributed by atoms with E-state index in [0.29, 0.717) is 24.0 Å². The number of hydrogen-bond acceptors (Lipinski definition) is 2. The molecule has 3 nitrogen and oxygen atoms in total. The molecule has 0 saturated heterocycles. The van der Waals surface area contributed by atoms with Crippen LogP contribution in [0.15, 0.2) is 18.2 Å². The topological polar surface area (TPSA) is 46.2 Å². The quantitative estimate of drug-likeness (QED) is 0.689. The number of halogens is 4. The lowest BCUT2D eigenvalue weighted by molar-refractivity contribution is -0.174. The second-order valence-electron chi connectivity index (χ2n) is 4.53. The van der Waals surface area contributed by atoms with Crippen LogP contribution < -0.4 is 5.32 Å². The van der Waals surface area contributed by atoms with Crippen molar-refractivity contribution in [3.05, 3.63) is 34.9 Å². The molecular weight excluding hydrogens is 295 g/mol. The molecule has 0 fully saturated rings. The molecule has 20 heavy (non-hydrogen) atoms. The van der Waals surface area contributed by atoms with Gasteiger partial charge < -0.3 is 5.32 Å². The average Bonchev–Trinajstić information content (AvgIpc) is 2.79. The summed E-state index contributed by atoms with van der Waals surface area (Å²) in [5.41, 5.74) is 1.82. The Morgan fingerprint density at radius 1 is 1.35 bits per heavy atom. The molecule has 1 amide bonds. The van der Waals surface area contributed by atoms with E-state index in [2.05, 4.69) is 0 Å². The Hall–Kier alpha value is -1.56. The van der Waals surface area contributed by atoms with E-state index in [1.54, 1.807) is 12.1 Å². The number of carbonyl (C=O) groups excluding carboxylic acids is 2. The highest BCUT2D eigenvalue weighted by atomic mass is 35.5. The van der Waals surface area contributed by atoms with Gasteiger partial charge in [0, 0.05) is 5.56 Å². The molecule has 0 radical (unpaired) electrons. The van der Waals surface area contributed by atoms with Crippen molar-refractivity contribution in [2.45, 2.75) is 25.1 Å². The molecule has 1 unspecified atom stereocenters. The molecule has 0 heterocycles. The van der Waals surface area contributed by atoms with E-state index < -0.39 is 18.1 Å². The molecule has 1 aromatic carbocycles. The maximum Gasteiger partial charge on any atom is 0.471 e. The SMILES string of the molecule is O=C(CCl)c1ccc2c(c1)CCC2NC(=O)C(F)(F)F. The molecule has 7 heteroatoms. The molecule has 1 atom stereocenters. The zero-order valence-corrected chi connectivity index (χ0v) is 11.0. The van der Waals surface area contributed by atoms with Gasteiger partial charge in [0.1, 0.15) is 0 Å². The third-order valence-corrected chi connectivity index (χ3v) is 3.47. The summed E-state index contributed by atoms with van der Waals surface area (Å²) < 4.78 is 36.7. The molecule has 0 aliphatic heterocycles. The van der Waals surface area contributed by atoms with E-state index >= 15 is 0 Å². The molecule has 2 rings (SSSR count). The number of hydrogen-bond donors (Lipinski definition) is 1. The molecule has 1 N–H and O–H groups in total. The summed E-state index contributed by atoms with van der Waals surface area (Å²) in [4.78, 5) is 22.4. The Balaban J connectivity index is 2.18. The highest BCUT2D eigenvalue weighted by Crippen LogP contribution is 2.32. The zero-order chi connectivity index (χ0) is 14.9. The lowest BCUT2D eigenvalue weighted by Crippen LogP contribution is -2.38. The van der Waals surface area contributed by atoms with Gasteiger partial charge in [-0.25, -0.2) is 0 Å². The third kappa shape index (κ3) is 2.95. The molecular formula is C13H11ClF3NO2. The van der Waals surface area contributed by atoms with Crippen molar-refractivity contribution >= 4 is 23.3 Å². The number of carbonyl (C=O) groups is 2. The van der Waals surface area contributed by atoms with Crippen molar-refractivity contribution < 1.29 is 22.8 Å². The fourth-order valence-electron chi connectivity index (χ4n) is 2.26. The van der Waals surface area contributed by atoms with Crippen LogP contribution in [-0.2, 0) is 11.2 Å². The Labute approximate surface area is 118 Å². The second-order valence-corrected chi connectivity index (χ2v) is 4.80. The van der Waals surface area contributed by atoms with Gasteiger partial charge in [0.25, 0.3) is 0 Å². The summed E-state index contributed by atoms with van der Waals surface area (Å²) in [5.74, 6) is -2.33. The number of aryl methyl sites for hydroxylation is 1. The fraction of sp³-hybridized carbons (Fsp3) is 0.385. The van der Waals surface area contributed by atoms with Gasteiger partial charge in [0.2, 0.25) is 0 Å². The van der Waals surface area contributed by atoms with Crippen LogP contribution in [0.2, 0.25) is 0 Å². The van der Waals surface area contributed by atoms with Crippen molar-refractivity contribution in [2.75, 3.05) is 5.88 Å². The number of nitrogens with one attached hydrogen (secondary N) is 1. The van der Waals surface area contributed by atoms with Gasteiger partial charge in [0.15, 0.2) is 5.78 Å². The summed E-state index contributed by atoms with van der Waals surface area (Å²) in [5, 5.41) is 1.96. The summed E-state index contributed by atoms with van der Waals surface area (Å²) in [6.07, 6.45) is -3.99. The lowest BCUT2D eigenvalue weighted by Gasteiger charge is -2.15. The predicted octanol–water partition coefficient (Wildman–Crippen LogP) is 2.77. The number of fused-ring (bicyclic) bond motifs is 1. The Kier molecular flexibility index (Phi) is 4.04. The van der Waals surface area contributed by atoms with Crippen molar-refractivity contribution in [1.29, 1.82) is 0 Å². The standard InChI is InChI=1S/C13H11ClF3NO2/c14-6-11(19)8-1-3-9-7(5-8)2-4-10(9)18-12(20)13(15,16)17/h1,3,5,10H,2,4,6H2,(H,18,20). The lowest BCUT2D eigenvalue weighted by atomic mass is 10.0. The van der Waals surface area contributed by atoms with Gasteiger partial charge >= 0.3 is 12.1 Å². The first kappa shape index (κ1) is 14.8. The summed E-state index contributed by atoms with van der Waals surface area (Å²) in [7, 11) is 0. The average molecular weight is 306 g/mol. The van der Waals surface area contributed by atoms with Crippen molar-refractivity contribution in [3.8, 4) is 0 Å². The largest absolute Gasteiger partial charge is 0.471 e. The molecule has 1 aliphatic rings. The minimum absolute atomic E-state index is 0.146. The monoisotopic (exact) mass is 305 g/mol. The van der Waals surface area contributed by atoms with Crippen LogP contribution in [-0.4, -0.2) is 23.7 Å². The number of amides is 1. The molecule has 1 aliphatic carbocycles. The van der Waals surface area contributed by atoms with E-state index in [1.165, 1.54) is 6.07 Å². The Morgan fingerprint density at radius 2 is 2.05 bits per heavy atom. The molecule has 0 bridgehead atoms. The number of Topliss-reactive ketones (excluding diaryl/α,β-unsaturated/α-hetero) is 1. The van der Waals surface area contributed by atoms with E-state index in [9.17, 15) is 22.8 Å². The van der Waals surface area contributed by atoms with Crippen LogP contribution >= 0.6 is 11.6 Å². The van der Waals surface area contributed by atoms with Crippen LogP contribution in [0.5, 0.6) is 0 Å². The fourth-order valence-corrected chi connectivity index (χ4v) is 2.41. The molecule has 0 aromatic heterocycles. The number of benzene rings is 1. The van der Waals surface area contributed by atoms with Gasteiger partial charge in [-0.05, 0) is 30.0 Å². The normalized spacial score (nSPS) is 17.7. The van der Waals surface area contributed by atoms with Crippen molar-refractivity contribution in [1.82, 2.24) is 5.32 Å². The maximum absolute atomic E-state index is 12.2. The van der Waals surface area contributed by atoms with Gasteiger partial charge in [-0.1, -0.05) is 12.1 Å². The minimum atomic E-state index is -4.89. The zero-order valence-electron chi connectivity index (χ0n) is 10.3. The van der Waals surface area contributed by atoms with Crippen LogP contribution in [0.4, 0.5) is 13.2 Å². The number of rotatable bonds is 3. The third-order valence-electron chi connectivity index (χ3n) is 3.23. The number of ketones is 1. The van der Waals surface area contributed by atoms with Crippen molar-refractivity contribution in [2.24, 2.45) is 0 Å². The van der Waals surface area contributed by atoms with Crippen molar-refractivity contribution in [3.63, 3.8) is 0 Å². The summed E-state index contributed by atoms with van der Waals surface area (Å²) in [6, 6.07) is 4.05. The maximum atomic E-state index is 12.2. The molecule has 0 saturated carbocycles. The summed E-state index contributed by atoms with van der Waals surface area (Å²) in [6.45, 7) is 0. The first-order valence-electron chi connectivity index (χ1n) is 5.92. The predicted molar refractivity (Wildman–Crippen MR) is 66.8 cm³/mol. The van der Waals surface area contributed by atoms with E-state index in [4.69, 9.17) is 11.6 Å². The smallest absolute Gasteiger partial charge is 0.341 e. The Bertz CT molecular complexity index is 557. The first-order chi connectivity index (χ1) is 9.32. The first-order valence-corrected chi connectivity index (χ1v) is 6.46. The molecule has 108 valence electrons. The van der Waals surface area contributed by atoms with Gasteiger partial charge in [-0.3, -0.25) is 9.59 Å². The van der Waals surface area contributed by atoms with Crippen LogP contribution in [0.3, 0.4) is 0 Å². The molecule has 1 aromatic rings. The number of alkyl halides is 4. The highest BCUT2D eigenvalue weighted by molar-refractivity contribution is 6.30. The second kappa shape index (κ2) is 5.44. The van der Waals surface area contributed by atoms with Crippen LogP contribution in [0, 0.1) is 0 Å². The summed E-state index contributed by atoms with van der Waals surface area (Å²) >= 11 is 5.45. The molecule has 0 spiro atoms. The highest BCUT2D eigenvalue weighted by Gasteiger charge is 2.40. The van der Waals surface area contributed by atoms with E-state index in [1.807, 2.05) is 5.32 Å². The minimum Gasteiger partial charge on any atom is -0.341 e. The van der Waals surface area contributed by atoms with E-state index in [-0.39, 0.29) is 11.7 Å². The Morgan fingerprint density at radius 3 is 2.65 bits per heavy atom. The van der Waals surface area contributed by atoms with Gasteiger partial charge in [-0.2, -0.15) is 13.2 Å². The van der Waals surface area contributed by atoms with E-state index in [0.717, 1.165) is 5.56 Å². The van der Waals surface area contributed by atoms with Crippen LogP contribution in [0.1, 0.15) is 33.9 Å². The van der Waals surface area contributed by atoms with Gasteiger partial charge in [0.05, 0.1) is 11.9 Å². The van der Waals surface area contributed by atoms with Crippen LogP contribution in [0.25, 0.3) is 0 Å².